The van der Waals surface area contributed by atoms with Crippen LogP contribution in [0.4, 0.5) is 5.95 Å². The molecule has 2 aromatic carbocycles. The quantitative estimate of drug-likeness (QED) is 0.785. The third-order valence-corrected chi connectivity index (χ3v) is 4.33. The number of halogens is 1. The summed E-state index contributed by atoms with van der Waals surface area (Å²) >= 11 is 5.99. The van der Waals surface area contributed by atoms with Gasteiger partial charge in [0.05, 0.1) is 11.0 Å². The van der Waals surface area contributed by atoms with Crippen molar-refractivity contribution < 1.29 is 9.53 Å². The van der Waals surface area contributed by atoms with Crippen molar-refractivity contribution in [1.29, 1.82) is 0 Å². The van der Waals surface area contributed by atoms with Crippen LogP contribution in [0.15, 0.2) is 42.5 Å². The molecule has 0 aliphatic carbocycles. The first-order chi connectivity index (χ1) is 11.1. The predicted octanol–water partition coefficient (Wildman–Crippen LogP) is 3.34. The molecule has 1 aromatic heterocycles. The highest BCUT2D eigenvalue weighted by Gasteiger charge is 2.30. The molecule has 116 valence electrons. The highest BCUT2D eigenvalue weighted by molar-refractivity contribution is 6.31. The van der Waals surface area contributed by atoms with E-state index in [4.69, 9.17) is 16.3 Å². The monoisotopic (exact) mass is 327 g/mol. The number of imidazole rings is 1. The first kappa shape index (κ1) is 14.1. The molecule has 2 heterocycles. The molecule has 0 spiro atoms. The largest absolute Gasteiger partial charge is 0.492 e. The number of rotatable bonds is 2. The van der Waals surface area contributed by atoms with E-state index < -0.39 is 0 Å². The number of benzene rings is 2. The van der Waals surface area contributed by atoms with Gasteiger partial charge in [-0.2, -0.15) is 0 Å². The Labute approximate surface area is 137 Å². The zero-order valence-corrected chi connectivity index (χ0v) is 13.2. The molecular weight excluding hydrogens is 314 g/mol. The Hall–Kier alpha value is -2.53. The van der Waals surface area contributed by atoms with E-state index in [2.05, 4.69) is 10.3 Å². The van der Waals surface area contributed by atoms with Crippen LogP contribution in [0.2, 0.25) is 5.02 Å². The third kappa shape index (κ3) is 2.33. The van der Waals surface area contributed by atoms with Crippen LogP contribution in [-0.2, 0) is 11.8 Å². The van der Waals surface area contributed by atoms with E-state index in [1.54, 1.807) is 12.1 Å². The number of nitrogens with one attached hydrogen (secondary N) is 1. The minimum absolute atomic E-state index is 0.126. The van der Waals surface area contributed by atoms with Crippen molar-refractivity contribution in [3.8, 4) is 5.75 Å². The number of aryl methyl sites for hydroxylation is 1. The van der Waals surface area contributed by atoms with E-state index in [-0.39, 0.29) is 11.8 Å². The van der Waals surface area contributed by atoms with Crippen LogP contribution >= 0.6 is 11.6 Å². The van der Waals surface area contributed by atoms with Crippen LogP contribution in [0.5, 0.6) is 5.75 Å². The van der Waals surface area contributed by atoms with Crippen molar-refractivity contribution in [2.45, 2.75) is 5.92 Å². The molecule has 1 N–H and O–H groups in total. The molecule has 0 saturated heterocycles. The number of hydrogen-bond donors (Lipinski definition) is 1. The second-order valence-corrected chi connectivity index (χ2v) is 5.95. The highest BCUT2D eigenvalue weighted by atomic mass is 35.5. The van der Waals surface area contributed by atoms with Gasteiger partial charge in [0.1, 0.15) is 18.3 Å². The average molecular weight is 328 g/mol. The summed E-state index contributed by atoms with van der Waals surface area (Å²) in [4.78, 5) is 17.0. The SMILES string of the molecule is Cn1c(NC(=O)C2COc3ccccc32)nc2cc(Cl)ccc21. The lowest BCUT2D eigenvalue weighted by Gasteiger charge is -2.09. The van der Waals surface area contributed by atoms with Crippen LogP contribution in [-0.4, -0.2) is 22.1 Å². The van der Waals surface area contributed by atoms with E-state index >= 15 is 0 Å². The van der Waals surface area contributed by atoms with Gasteiger partial charge in [0.2, 0.25) is 11.9 Å². The molecule has 0 fully saturated rings. The zero-order valence-electron chi connectivity index (χ0n) is 12.4. The maximum absolute atomic E-state index is 12.6. The summed E-state index contributed by atoms with van der Waals surface area (Å²) in [7, 11) is 1.86. The first-order valence-corrected chi connectivity index (χ1v) is 7.66. The average Bonchev–Trinajstić information content (AvgIpc) is 3.09. The number of ether oxygens (including phenoxy) is 1. The summed E-state index contributed by atoms with van der Waals surface area (Å²) in [6.45, 7) is 0.348. The Balaban J connectivity index is 1.64. The van der Waals surface area contributed by atoms with Crippen molar-refractivity contribution in [3.63, 3.8) is 0 Å². The standard InChI is InChI=1S/C17H14ClN3O2/c1-21-14-7-6-10(18)8-13(14)19-17(21)20-16(22)12-9-23-15-5-3-2-4-11(12)15/h2-8,12H,9H2,1H3,(H,19,20,22). The third-order valence-electron chi connectivity index (χ3n) is 4.09. The van der Waals surface area contributed by atoms with Gasteiger partial charge in [-0.1, -0.05) is 29.8 Å². The smallest absolute Gasteiger partial charge is 0.237 e. The number of aromatic nitrogens is 2. The Bertz CT molecular complexity index is 919. The predicted molar refractivity (Wildman–Crippen MR) is 89.0 cm³/mol. The molecule has 1 aliphatic heterocycles. The molecule has 4 rings (SSSR count). The van der Waals surface area contributed by atoms with Gasteiger partial charge in [-0.3, -0.25) is 10.1 Å². The van der Waals surface area contributed by atoms with Gasteiger partial charge < -0.3 is 9.30 Å². The lowest BCUT2D eigenvalue weighted by atomic mass is 10.0. The van der Waals surface area contributed by atoms with Crippen molar-refractivity contribution in [1.82, 2.24) is 9.55 Å². The topological polar surface area (TPSA) is 56.2 Å². The Morgan fingerprint density at radius 3 is 3.04 bits per heavy atom. The van der Waals surface area contributed by atoms with E-state index in [0.717, 1.165) is 22.3 Å². The Morgan fingerprint density at radius 2 is 2.17 bits per heavy atom. The molecule has 23 heavy (non-hydrogen) atoms. The second-order valence-electron chi connectivity index (χ2n) is 5.52. The second kappa shape index (κ2) is 5.28. The molecule has 0 bridgehead atoms. The Kier molecular flexibility index (Phi) is 3.23. The molecule has 3 aromatic rings. The minimum Gasteiger partial charge on any atom is -0.492 e. The molecule has 6 heteroatoms. The summed E-state index contributed by atoms with van der Waals surface area (Å²) < 4.78 is 7.41. The maximum atomic E-state index is 12.6. The van der Waals surface area contributed by atoms with Crippen LogP contribution in [0.25, 0.3) is 11.0 Å². The molecule has 1 atom stereocenters. The number of amides is 1. The lowest BCUT2D eigenvalue weighted by molar-refractivity contribution is -0.117. The molecule has 1 amide bonds. The van der Waals surface area contributed by atoms with Crippen molar-refractivity contribution in [3.05, 3.63) is 53.1 Å². The van der Waals surface area contributed by atoms with Crippen LogP contribution < -0.4 is 10.1 Å². The fraction of sp³-hybridized carbons (Fsp3) is 0.176. The number of anilines is 1. The summed E-state index contributed by atoms with van der Waals surface area (Å²) in [5, 5.41) is 3.51. The first-order valence-electron chi connectivity index (χ1n) is 7.28. The van der Waals surface area contributed by atoms with Crippen LogP contribution in [0.1, 0.15) is 11.5 Å². The van der Waals surface area contributed by atoms with Crippen LogP contribution in [0, 0.1) is 0 Å². The van der Waals surface area contributed by atoms with Crippen molar-refractivity contribution in [2.24, 2.45) is 7.05 Å². The molecule has 1 unspecified atom stereocenters. The molecule has 0 saturated carbocycles. The number of carbonyl (C=O) groups is 1. The van der Waals surface area contributed by atoms with E-state index in [9.17, 15) is 4.79 Å². The molecule has 1 aliphatic rings. The molecular formula is C17H14ClN3O2. The number of para-hydroxylation sites is 1. The fourth-order valence-electron chi connectivity index (χ4n) is 2.86. The number of nitrogens with zero attached hydrogens (tertiary/aromatic N) is 2. The molecule has 0 radical (unpaired) electrons. The van der Waals surface area contributed by atoms with Gasteiger partial charge in [-0.15, -0.1) is 0 Å². The summed E-state index contributed by atoms with van der Waals surface area (Å²) in [6.07, 6.45) is 0. The highest BCUT2D eigenvalue weighted by Crippen LogP contribution is 2.34. The van der Waals surface area contributed by atoms with Gasteiger partial charge in [-0.25, -0.2) is 4.98 Å². The van der Waals surface area contributed by atoms with E-state index in [1.807, 2.05) is 41.9 Å². The number of fused-ring (bicyclic) bond motifs is 2. The summed E-state index contributed by atoms with van der Waals surface area (Å²) in [6, 6.07) is 13.1. The van der Waals surface area contributed by atoms with Gasteiger partial charge in [0.15, 0.2) is 0 Å². The van der Waals surface area contributed by atoms with Gasteiger partial charge in [0, 0.05) is 17.6 Å². The van der Waals surface area contributed by atoms with Gasteiger partial charge >= 0.3 is 0 Å². The van der Waals surface area contributed by atoms with Crippen LogP contribution in [0.3, 0.4) is 0 Å². The zero-order chi connectivity index (χ0) is 16.0. The summed E-state index contributed by atoms with van der Waals surface area (Å²) in [5.74, 6) is 0.815. The maximum Gasteiger partial charge on any atom is 0.237 e. The summed E-state index contributed by atoms with van der Waals surface area (Å²) in [5.41, 5.74) is 2.57. The lowest BCUT2D eigenvalue weighted by Crippen LogP contribution is -2.23. The normalized spacial score (nSPS) is 16.2. The van der Waals surface area contributed by atoms with E-state index in [0.29, 0.717) is 17.6 Å². The number of carbonyl (C=O) groups excluding carboxylic acids is 1. The number of hydrogen-bond acceptors (Lipinski definition) is 3. The van der Waals surface area contributed by atoms with E-state index in [1.165, 1.54) is 0 Å². The molecule has 5 nitrogen and oxygen atoms in total. The Morgan fingerprint density at radius 1 is 1.35 bits per heavy atom. The fourth-order valence-corrected chi connectivity index (χ4v) is 3.03. The van der Waals surface area contributed by atoms with Crippen molar-refractivity contribution in [2.75, 3.05) is 11.9 Å². The minimum atomic E-state index is -0.324. The van der Waals surface area contributed by atoms with Gasteiger partial charge in [-0.05, 0) is 24.3 Å². The van der Waals surface area contributed by atoms with Gasteiger partial charge in [0.25, 0.3) is 0 Å². The van der Waals surface area contributed by atoms with Crippen molar-refractivity contribution >= 4 is 34.5 Å².